The number of aryl methyl sites for hydroxylation is 1. The Balaban J connectivity index is 0.00000364. The zero-order valence-corrected chi connectivity index (χ0v) is 18.4. The van der Waals surface area contributed by atoms with Crippen molar-refractivity contribution in [3.8, 4) is 5.75 Å². The molecule has 6 nitrogen and oxygen atoms in total. The van der Waals surface area contributed by atoms with Crippen molar-refractivity contribution in [2.24, 2.45) is 5.41 Å². The van der Waals surface area contributed by atoms with Crippen LogP contribution < -0.4 is 27.7 Å². The van der Waals surface area contributed by atoms with E-state index < -0.39 is 11.6 Å². The molecular weight excluding hydrogens is 411 g/mol. The molecule has 0 saturated heterocycles. The van der Waals surface area contributed by atoms with E-state index >= 15 is 0 Å². The fraction of sp³-hybridized carbons (Fsp3) is 0.500. The van der Waals surface area contributed by atoms with Crippen LogP contribution in [0.4, 0.5) is 0 Å². The number of Topliss-reactive ketones (excluding diaryl/α,β-unsaturated/α-hetero) is 1. The average Bonchev–Trinajstić information content (AvgIpc) is 2.88. The van der Waals surface area contributed by atoms with Crippen LogP contribution in [0.15, 0.2) is 18.2 Å². The molecule has 1 heterocycles. The molecular formula is C18H25Cl3N4O2. The van der Waals surface area contributed by atoms with Crippen molar-refractivity contribution in [3.05, 3.63) is 39.9 Å². The number of nitrogens with two attached hydrogens (primary N) is 1. The van der Waals surface area contributed by atoms with E-state index in [4.69, 9.17) is 33.8 Å². The maximum atomic E-state index is 13.1. The van der Waals surface area contributed by atoms with E-state index in [1.807, 2.05) is 34.6 Å². The normalized spacial score (nSPS) is 12.4. The van der Waals surface area contributed by atoms with Gasteiger partial charge in [0.05, 0.1) is 5.02 Å². The lowest BCUT2D eigenvalue weighted by Gasteiger charge is -2.23. The number of halogens is 3. The molecule has 0 fully saturated rings. The van der Waals surface area contributed by atoms with Gasteiger partial charge in [-0.3, -0.25) is 10.6 Å². The summed E-state index contributed by atoms with van der Waals surface area (Å²) in [6, 6.07) is 4.87. The van der Waals surface area contributed by atoms with Crippen molar-refractivity contribution in [3.63, 3.8) is 0 Å². The van der Waals surface area contributed by atoms with Crippen LogP contribution in [0.2, 0.25) is 10.0 Å². The lowest BCUT2D eigenvalue weighted by atomic mass is 9.89. The van der Waals surface area contributed by atoms with E-state index in [2.05, 4.69) is 5.10 Å². The summed E-state index contributed by atoms with van der Waals surface area (Å²) in [5.74, 6) is 7.72. The monoisotopic (exact) mass is 434 g/mol. The smallest absolute Gasteiger partial charge is 0.312 e. The zero-order chi connectivity index (χ0) is 19.6. The highest BCUT2D eigenvalue weighted by Gasteiger charge is 2.40. The van der Waals surface area contributed by atoms with Gasteiger partial charge in [-0.1, -0.05) is 62.5 Å². The number of nitrogen functional groups attached to an aromatic ring is 1. The molecule has 0 radical (unpaired) electrons. The number of carbonyl (C=O) groups is 1. The molecule has 150 valence electrons. The minimum absolute atomic E-state index is 0. The van der Waals surface area contributed by atoms with E-state index in [1.54, 1.807) is 22.9 Å². The summed E-state index contributed by atoms with van der Waals surface area (Å²) in [5, 5.41) is 5.33. The molecule has 9 heteroatoms. The summed E-state index contributed by atoms with van der Waals surface area (Å²) < 4.78 is 9.08. The lowest BCUT2D eigenvalue weighted by molar-refractivity contribution is -0.655. The van der Waals surface area contributed by atoms with Crippen molar-refractivity contribution in [2.45, 2.75) is 53.7 Å². The first-order valence-corrected chi connectivity index (χ1v) is 9.29. The summed E-state index contributed by atoms with van der Waals surface area (Å²) in [5.41, 5.74) is -0.646. The quantitative estimate of drug-likeness (QED) is 0.530. The Morgan fingerprint density at radius 1 is 1.30 bits per heavy atom. The van der Waals surface area contributed by atoms with Gasteiger partial charge in [0, 0.05) is 28.4 Å². The number of aromatic nitrogens is 3. The van der Waals surface area contributed by atoms with Crippen molar-refractivity contribution in [2.75, 3.05) is 5.84 Å². The average molecular weight is 436 g/mol. The van der Waals surface area contributed by atoms with Crippen molar-refractivity contribution in [1.82, 2.24) is 9.78 Å². The van der Waals surface area contributed by atoms with Gasteiger partial charge in [0.15, 0.2) is 0 Å². The minimum atomic E-state index is -0.987. The first-order valence-electron chi connectivity index (χ1n) is 8.53. The third-order valence-electron chi connectivity index (χ3n) is 3.99. The summed E-state index contributed by atoms with van der Waals surface area (Å²) in [7, 11) is 0. The van der Waals surface area contributed by atoms with Gasteiger partial charge in [0.25, 0.3) is 11.6 Å². The van der Waals surface area contributed by atoms with E-state index in [1.165, 1.54) is 4.68 Å². The summed E-state index contributed by atoms with van der Waals surface area (Å²) in [4.78, 5) is 13.1. The van der Waals surface area contributed by atoms with E-state index in [9.17, 15) is 4.79 Å². The van der Waals surface area contributed by atoms with Crippen LogP contribution in [0.25, 0.3) is 0 Å². The second-order valence-corrected chi connectivity index (χ2v) is 7.86. The number of ketones is 1. The molecule has 0 saturated carbocycles. The highest BCUT2D eigenvalue weighted by atomic mass is 35.5. The number of benzene rings is 1. The second-order valence-electron chi connectivity index (χ2n) is 7.01. The highest BCUT2D eigenvalue weighted by molar-refractivity contribution is 6.35. The van der Waals surface area contributed by atoms with E-state index in [-0.39, 0.29) is 18.2 Å². The molecule has 1 atom stereocenters. The number of ether oxygens (including phenoxy) is 1. The number of rotatable bonds is 6. The van der Waals surface area contributed by atoms with Gasteiger partial charge in [0.2, 0.25) is 5.78 Å². The predicted molar refractivity (Wildman–Crippen MR) is 102 cm³/mol. The molecule has 2 N–H and O–H groups in total. The van der Waals surface area contributed by atoms with Crippen LogP contribution in [-0.4, -0.2) is 15.6 Å². The van der Waals surface area contributed by atoms with Gasteiger partial charge in [-0.15, -0.1) is 4.68 Å². The van der Waals surface area contributed by atoms with Gasteiger partial charge in [-0.05, 0) is 18.2 Å². The molecule has 0 aliphatic heterocycles. The van der Waals surface area contributed by atoms with Crippen LogP contribution >= 0.6 is 23.2 Å². The third kappa shape index (κ3) is 5.06. The van der Waals surface area contributed by atoms with Crippen LogP contribution in [0.1, 0.15) is 52.5 Å². The van der Waals surface area contributed by atoms with Crippen molar-refractivity contribution >= 4 is 29.0 Å². The Bertz CT molecular complexity index is 816. The Morgan fingerprint density at radius 3 is 2.41 bits per heavy atom. The van der Waals surface area contributed by atoms with Crippen LogP contribution in [0.5, 0.6) is 5.75 Å². The molecule has 1 unspecified atom stereocenters. The molecule has 0 amide bonds. The van der Waals surface area contributed by atoms with Crippen LogP contribution in [-0.2, 0) is 17.6 Å². The number of nitrogens with zero attached hydrogens (tertiary/aromatic N) is 3. The maximum absolute atomic E-state index is 13.1. The van der Waals surface area contributed by atoms with E-state index in [0.29, 0.717) is 40.3 Å². The highest BCUT2D eigenvalue weighted by Crippen LogP contribution is 2.32. The SMILES string of the molecule is CCc1nn(C(Oc2ccc(Cl)cc2Cl)C(=O)C(C)(C)C)c(CC)[n+]1N.[Cl-]. The Morgan fingerprint density at radius 2 is 1.93 bits per heavy atom. The molecule has 0 spiro atoms. The molecule has 1 aromatic carbocycles. The van der Waals surface area contributed by atoms with Crippen molar-refractivity contribution in [1.29, 1.82) is 0 Å². The van der Waals surface area contributed by atoms with E-state index in [0.717, 1.165) is 0 Å². The number of carbonyl (C=O) groups excluding carboxylic acids is 1. The Hall–Kier alpha value is -1.50. The third-order valence-corrected chi connectivity index (χ3v) is 4.52. The Labute approximate surface area is 176 Å². The zero-order valence-electron chi connectivity index (χ0n) is 16.1. The van der Waals surface area contributed by atoms with Gasteiger partial charge in [0.1, 0.15) is 5.75 Å². The lowest BCUT2D eigenvalue weighted by Crippen LogP contribution is -3.00. The first kappa shape index (κ1) is 23.5. The fourth-order valence-corrected chi connectivity index (χ4v) is 2.98. The van der Waals surface area contributed by atoms with Crippen LogP contribution in [0, 0.1) is 5.41 Å². The largest absolute Gasteiger partial charge is 1.00 e. The van der Waals surface area contributed by atoms with Crippen molar-refractivity contribution < 1.29 is 26.6 Å². The van der Waals surface area contributed by atoms with Gasteiger partial charge < -0.3 is 17.1 Å². The molecule has 0 aliphatic rings. The first-order chi connectivity index (χ1) is 12.1. The van der Waals surface area contributed by atoms with Gasteiger partial charge in [-0.25, -0.2) is 0 Å². The number of hydrogen-bond donors (Lipinski definition) is 1. The standard InChI is InChI=1S/C18H25Cl2N4O2.ClH/c1-6-14-22-24(15(7-2)23(14)21)17(16(25)18(3,4)5)26-13-9-8-11(19)10-12(13)20;/h8-10,17H,6-7,21H2,1-5H3;1H/q+1;/p-1. The predicted octanol–water partition coefficient (Wildman–Crippen LogP) is 0.513. The topological polar surface area (TPSA) is 74.0 Å². The molecule has 1 aromatic heterocycles. The van der Waals surface area contributed by atoms with Gasteiger partial charge >= 0.3 is 6.23 Å². The number of hydrogen-bond acceptors (Lipinski definition) is 4. The Kier molecular flexibility index (Phi) is 7.96. The molecule has 2 rings (SSSR count). The van der Waals surface area contributed by atoms with Gasteiger partial charge in [-0.2, -0.15) is 0 Å². The molecule has 0 aliphatic carbocycles. The fourth-order valence-electron chi connectivity index (χ4n) is 2.53. The molecule has 2 aromatic rings. The molecule has 27 heavy (non-hydrogen) atoms. The summed E-state index contributed by atoms with van der Waals surface area (Å²) in [6.07, 6.45) is 0.239. The summed E-state index contributed by atoms with van der Waals surface area (Å²) in [6.45, 7) is 9.40. The molecule has 0 bridgehead atoms. The maximum Gasteiger partial charge on any atom is 0.312 e. The van der Waals surface area contributed by atoms with Crippen LogP contribution in [0.3, 0.4) is 0 Å². The second kappa shape index (κ2) is 9.13. The minimum Gasteiger partial charge on any atom is -1.00 e. The summed E-state index contributed by atoms with van der Waals surface area (Å²) >= 11 is 12.2.